The second-order valence-electron chi connectivity index (χ2n) is 6.44. The van der Waals surface area contributed by atoms with Crippen LogP contribution in [0.1, 0.15) is 31.2 Å². The molecule has 0 bridgehead atoms. The molecule has 2 rings (SSSR count). The number of hydrogen-bond donors (Lipinski definition) is 1. The van der Waals surface area contributed by atoms with Crippen LogP contribution in [0.2, 0.25) is 0 Å². The van der Waals surface area contributed by atoms with Crippen LogP contribution in [-0.2, 0) is 16.1 Å². The van der Waals surface area contributed by atoms with E-state index in [1.54, 1.807) is 13.1 Å². The Morgan fingerprint density at radius 2 is 1.81 bits per heavy atom. The smallest absolute Gasteiger partial charge is 0.387 e. The Labute approximate surface area is 150 Å². The SMILES string of the molecule is COc1ccc(CN(C)C(=O)C2CCC(C(=O)O)CC2)cc1OC(F)F. The lowest BCUT2D eigenvalue weighted by Gasteiger charge is -2.29. The number of ether oxygens (including phenoxy) is 2. The molecule has 1 saturated carbocycles. The monoisotopic (exact) mass is 371 g/mol. The molecule has 0 aromatic heterocycles. The molecule has 8 heteroatoms. The van der Waals surface area contributed by atoms with Gasteiger partial charge in [0.15, 0.2) is 11.5 Å². The summed E-state index contributed by atoms with van der Waals surface area (Å²) >= 11 is 0. The molecule has 0 unspecified atom stereocenters. The lowest BCUT2D eigenvalue weighted by atomic mass is 9.81. The van der Waals surface area contributed by atoms with Crippen molar-refractivity contribution in [3.05, 3.63) is 23.8 Å². The van der Waals surface area contributed by atoms with E-state index in [2.05, 4.69) is 4.74 Å². The zero-order valence-electron chi connectivity index (χ0n) is 14.8. The van der Waals surface area contributed by atoms with Crippen molar-refractivity contribution in [2.45, 2.75) is 38.8 Å². The van der Waals surface area contributed by atoms with E-state index in [9.17, 15) is 18.4 Å². The van der Waals surface area contributed by atoms with Gasteiger partial charge in [-0.1, -0.05) is 6.07 Å². The topological polar surface area (TPSA) is 76.1 Å². The Balaban J connectivity index is 1.99. The van der Waals surface area contributed by atoms with Crippen LogP contribution >= 0.6 is 0 Å². The number of amides is 1. The lowest BCUT2D eigenvalue weighted by molar-refractivity contribution is -0.145. The fraction of sp³-hybridized carbons (Fsp3) is 0.556. The van der Waals surface area contributed by atoms with Gasteiger partial charge in [-0.2, -0.15) is 8.78 Å². The minimum Gasteiger partial charge on any atom is -0.493 e. The highest BCUT2D eigenvalue weighted by Crippen LogP contribution is 2.32. The summed E-state index contributed by atoms with van der Waals surface area (Å²) in [4.78, 5) is 25.1. The molecular weight excluding hydrogens is 348 g/mol. The number of carboxylic acid groups (broad SMARTS) is 1. The number of halogens is 2. The van der Waals surface area contributed by atoms with Gasteiger partial charge in [-0.25, -0.2) is 0 Å². The number of carbonyl (C=O) groups excluding carboxylic acids is 1. The second kappa shape index (κ2) is 8.82. The minimum atomic E-state index is -2.97. The molecule has 1 aromatic carbocycles. The molecule has 0 saturated heterocycles. The Morgan fingerprint density at radius 3 is 2.35 bits per heavy atom. The van der Waals surface area contributed by atoms with Gasteiger partial charge in [0, 0.05) is 19.5 Å². The van der Waals surface area contributed by atoms with Crippen molar-refractivity contribution >= 4 is 11.9 Å². The quantitative estimate of drug-likeness (QED) is 0.797. The van der Waals surface area contributed by atoms with Crippen LogP contribution in [0.5, 0.6) is 11.5 Å². The predicted molar refractivity (Wildman–Crippen MR) is 89.2 cm³/mol. The molecule has 1 aromatic rings. The molecule has 6 nitrogen and oxygen atoms in total. The van der Waals surface area contributed by atoms with Crippen molar-refractivity contribution in [3.63, 3.8) is 0 Å². The molecule has 1 aliphatic carbocycles. The molecule has 1 fully saturated rings. The average Bonchev–Trinajstić information content (AvgIpc) is 2.61. The van der Waals surface area contributed by atoms with E-state index in [0.717, 1.165) is 0 Å². The summed E-state index contributed by atoms with van der Waals surface area (Å²) in [5.74, 6) is -1.35. The fourth-order valence-electron chi connectivity index (χ4n) is 3.26. The van der Waals surface area contributed by atoms with Crippen LogP contribution in [-0.4, -0.2) is 42.7 Å². The van der Waals surface area contributed by atoms with Gasteiger partial charge in [0.2, 0.25) is 5.91 Å². The van der Waals surface area contributed by atoms with Crippen molar-refractivity contribution in [2.24, 2.45) is 11.8 Å². The van der Waals surface area contributed by atoms with Crippen molar-refractivity contribution in [2.75, 3.05) is 14.2 Å². The van der Waals surface area contributed by atoms with E-state index in [1.807, 2.05) is 0 Å². The summed E-state index contributed by atoms with van der Waals surface area (Å²) in [6.45, 7) is -2.73. The molecule has 1 N–H and O–H groups in total. The lowest BCUT2D eigenvalue weighted by Crippen LogP contribution is -2.35. The zero-order valence-corrected chi connectivity index (χ0v) is 14.8. The van der Waals surface area contributed by atoms with Gasteiger partial charge in [0.05, 0.1) is 13.0 Å². The molecule has 26 heavy (non-hydrogen) atoms. The summed E-state index contributed by atoms with van der Waals surface area (Å²) < 4.78 is 34.5. The van der Waals surface area contributed by atoms with Crippen LogP contribution in [0.3, 0.4) is 0 Å². The van der Waals surface area contributed by atoms with Crippen LogP contribution in [0, 0.1) is 11.8 Å². The number of nitrogens with zero attached hydrogens (tertiary/aromatic N) is 1. The number of benzene rings is 1. The molecule has 0 spiro atoms. The Kier molecular flexibility index (Phi) is 6.76. The molecule has 1 amide bonds. The summed E-state index contributed by atoms with van der Waals surface area (Å²) in [5.41, 5.74) is 0.636. The van der Waals surface area contributed by atoms with Crippen LogP contribution < -0.4 is 9.47 Å². The van der Waals surface area contributed by atoms with Crippen molar-refractivity contribution in [3.8, 4) is 11.5 Å². The molecule has 0 atom stereocenters. The number of methoxy groups -OCH3 is 1. The van der Waals surface area contributed by atoms with Crippen LogP contribution in [0.4, 0.5) is 8.78 Å². The van der Waals surface area contributed by atoms with Crippen molar-refractivity contribution in [1.29, 1.82) is 0 Å². The number of carboxylic acids is 1. The summed E-state index contributed by atoms with van der Waals surface area (Å²) in [5, 5.41) is 9.03. The minimum absolute atomic E-state index is 0.0685. The summed E-state index contributed by atoms with van der Waals surface area (Å²) in [6, 6.07) is 4.63. The normalized spacial score (nSPS) is 19.9. The first-order chi connectivity index (χ1) is 12.3. The maximum Gasteiger partial charge on any atom is 0.387 e. The standard InChI is InChI=1S/C18H23F2NO5/c1-21(16(22)12-4-6-13(7-5-12)17(23)24)10-11-3-8-14(25-2)15(9-11)26-18(19)20/h3,8-9,12-13,18H,4-7,10H2,1-2H3,(H,23,24). The van der Waals surface area contributed by atoms with E-state index in [1.165, 1.54) is 24.1 Å². The molecule has 144 valence electrons. The first kappa shape index (κ1) is 19.9. The zero-order chi connectivity index (χ0) is 19.3. The van der Waals surface area contributed by atoms with Crippen molar-refractivity contribution < 1.29 is 33.0 Å². The second-order valence-corrected chi connectivity index (χ2v) is 6.44. The van der Waals surface area contributed by atoms with Crippen LogP contribution in [0.15, 0.2) is 18.2 Å². The van der Waals surface area contributed by atoms with E-state index >= 15 is 0 Å². The fourth-order valence-corrected chi connectivity index (χ4v) is 3.26. The molecule has 0 heterocycles. The van der Waals surface area contributed by atoms with E-state index in [0.29, 0.717) is 31.2 Å². The van der Waals surface area contributed by atoms with Gasteiger partial charge in [-0.3, -0.25) is 9.59 Å². The highest BCUT2D eigenvalue weighted by Gasteiger charge is 2.31. The van der Waals surface area contributed by atoms with Crippen molar-refractivity contribution in [1.82, 2.24) is 4.90 Å². The van der Waals surface area contributed by atoms with Crippen LogP contribution in [0.25, 0.3) is 0 Å². The summed E-state index contributed by atoms with van der Waals surface area (Å²) in [6.07, 6.45) is 2.08. The Hall–Kier alpha value is -2.38. The third-order valence-electron chi connectivity index (χ3n) is 4.67. The average molecular weight is 371 g/mol. The number of hydrogen-bond acceptors (Lipinski definition) is 4. The van der Waals surface area contributed by atoms with E-state index in [4.69, 9.17) is 9.84 Å². The maximum absolute atomic E-state index is 12.6. The van der Waals surface area contributed by atoms with Gasteiger partial charge in [-0.05, 0) is 43.4 Å². The van der Waals surface area contributed by atoms with Gasteiger partial charge in [0.1, 0.15) is 0 Å². The van der Waals surface area contributed by atoms with E-state index in [-0.39, 0.29) is 35.8 Å². The Morgan fingerprint density at radius 1 is 1.19 bits per heavy atom. The first-order valence-electron chi connectivity index (χ1n) is 8.41. The molecule has 0 radical (unpaired) electrons. The molecular formula is C18H23F2NO5. The van der Waals surface area contributed by atoms with Gasteiger partial charge >= 0.3 is 12.6 Å². The third kappa shape index (κ3) is 5.06. The Bertz CT molecular complexity index is 644. The van der Waals surface area contributed by atoms with Gasteiger partial charge in [0.25, 0.3) is 0 Å². The molecule has 0 aliphatic heterocycles. The predicted octanol–water partition coefficient (Wildman–Crippen LogP) is 3.15. The maximum atomic E-state index is 12.6. The number of aliphatic carboxylic acids is 1. The van der Waals surface area contributed by atoms with E-state index < -0.39 is 12.6 Å². The molecule has 1 aliphatic rings. The third-order valence-corrected chi connectivity index (χ3v) is 4.67. The number of rotatable bonds is 7. The highest BCUT2D eigenvalue weighted by atomic mass is 19.3. The summed E-state index contributed by atoms with van der Waals surface area (Å²) in [7, 11) is 3.00. The van der Waals surface area contributed by atoms with Gasteiger partial charge in [-0.15, -0.1) is 0 Å². The highest BCUT2D eigenvalue weighted by molar-refractivity contribution is 5.79. The van der Waals surface area contributed by atoms with Gasteiger partial charge < -0.3 is 19.5 Å². The largest absolute Gasteiger partial charge is 0.493 e. The number of carbonyl (C=O) groups is 2. The first-order valence-corrected chi connectivity index (χ1v) is 8.41. The number of alkyl halides is 2.